The summed E-state index contributed by atoms with van der Waals surface area (Å²) in [6.45, 7) is 0.404. The van der Waals surface area contributed by atoms with Crippen LogP contribution in [0.2, 0.25) is 0 Å². The number of rotatable bonds is 6. The number of amides is 2. The summed E-state index contributed by atoms with van der Waals surface area (Å²) in [6, 6.07) is 20.6. The minimum Gasteiger partial charge on any atom is -0.444 e. The van der Waals surface area contributed by atoms with Crippen LogP contribution in [-0.2, 0) is 17.9 Å². The highest BCUT2D eigenvalue weighted by molar-refractivity contribution is 7.14. The predicted octanol–water partition coefficient (Wildman–Crippen LogP) is 3.96. The maximum Gasteiger partial charge on any atom is 0.407 e. The Hall–Kier alpha value is -3.16. The lowest BCUT2D eigenvalue weighted by Gasteiger charge is -2.06. The monoisotopic (exact) mass is 382 g/mol. The van der Waals surface area contributed by atoms with Gasteiger partial charge in [0.2, 0.25) is 0 Å². The molecule has 1 aromatic heterocycles. The summed E-state index contributed by atoms with van der Waals surface area (Å²) in [5.41, 5.74) is 4.15. The van der Waals surface area contributed by atoms with E-state index in [9.17, 15) is 9.59 Å². The van der Waals surface area contributed by atoms with Crippen LogP contribution in [0.3, 0.4) is 0 Å². The number of alkyl carbamates (subject to hydrolysis) is 1. The van der Waals surface area contributed by atoms with Crippen molar-refractivity contribution in [2.24, 2.45) is 0 Å². The van der Waals surface area contributed by atoms with Crippen molar-refractivity contribution in [3.8, 4) is 11.1 Å². The molecule has 6 nitrogen and oxygen atoms in total. The molecule has 0 saturated carbocycles. The highest BCUT2D eigenvalue weighted by Crippen LogP contribution is 2.32. The second kappa shape index (κ2) is 8.98. The molecule has 0 fully saturated rings. The van der Waals surface area contributed by atoms with E-state index in [0.717, 1.165) is 11.1 Å². The van der Waals surface area contributed by atoms with Gasteiger partial charge in [-0.05, 0) is 17.2 Å². The van der Waals surface area contributed by atoms with Gasteiger partial charge in [-0.25, -0.2) is 10.3 Å². The van der Waals surface area contributed by atoms with E-state index in [1.807, 2.05) is 60.7 Å². The van der Waals surface area contributed by atoms with Gasteiger partial charge in [0.15, 0.2) is 0 Å². The average molecular weight is 382 g/mol. The number of hydroxylamine groups is 1. The molecule has 0 radical (unpaired) electrons. The third kappa shape index (κ3) is 4.93. The van der Waals surface area contributed by atoms with E-state index in [1.54, 1.807) is 11.5 Å². The van der Waals surface area contributed by atoms with Crippen LogP contribution in [0.15, 0.2) is 66.7 Å². The van der Waals surface area contributed by atoms with Crippen molar-refractivity contribution in [1.82, 2.24) is 10.8 Å². The maximum absolute atomic E-state index is 11.9. The largest absolute Gasteiger partial charge is 0.444 e. The second-order valence-corrected chi connectivity index (χ2v) is 6.81. The van der Waals surface area contributed by atoms with Crippen LogP contribution in [0.1, 0.15) is 20.1 Å². The summed E-state index contributed by atoms with van der Waals surface area (Å²) in [7, 11) is 0. The van der Waals surface area contributed by atoms with Gasteiger partial charge in [-0.3, -0.25) is 10.0 Å². The van der Waals surface area contributed by atoms with Gasteiger partial charge in [-0.2, -0.15) is 0 Å². The fraction of sp³-hybridized carbons (Fsp3) is 0.100. The molecular weight excluding hydrogens is 364 g/mol. The highest BCUT2D eigenvalue weighted by Gasteiger charge is 2.18. The second-order valence-electron chi connectivity index (χ2n) is 5.68. The van der Waals surface area contributed by atoms with Gasteiger partial charge in [-0.15, -0.1) is 11.3 Å². The molecule has 3 rings (SSSR count). The fourth-order valence-corrected chi connectivity index (χ4v) is 3.50. The molecule has 3 N–H and O–H groups in total. The Labute approximate surface area is 160 Å². The first kappa shape index (κ1) is 18.6. The summed E-state index contributed by atoms with van der Waals surface area (Å²) in [6.07, 6.45) is -0.540. The quantitative estimate of drug-likeness (QED) is 0.445. The van der Waals surface area contributed by atoms with Crippen LogP contribution in [0.5, 0.6) is 0 Å². The van der Waals surface area contributed by atoms with Gasteiger partial charge in [0.25, 0.3) is 5.91 Å². The average Bonchev–Trinajstić information content (AvgIpc) is 3.16. The topological polar surface area (TPSA) is 87.7 Å². The molecule has 1 heterocycles. The fourth-order valence-electron chi connectivity index (χ4n) is 2.52. The van der Waals surface area contributed by atoms with Crippen LogP contribution in [0.4, 0.5) is 4.79 Å². The number of carbonyl (C=O) groups excluding carboxylic acids is 2. The zero-order valence-corrected chi connectivity index (χ0v) is 15.2. The number of carbonyl (C=O) groups is 2. The summed E-state index contributed by atoms with van der Waals surface area (Å²) in [5, 5.41) is 11.7. The van der Waals surface area contributed by atoms with Crippen molar-refractivity contribution in [2.45, 2.75) is 13.2 Å². The Morgan fingerprint density at radius 3 is 2.33 bits per heavy atom. The van der Waals surface area contributed by atoms with E-state index in [1.165, 1.54) is 11.3 Å². The first-order valence-electron chi connectivity index (χ1n) is 8.24. The van der Waals surface area contributed by atoms with Crippen LogP contribution in [0, 0.1) is 0 Å². The van der Waals surface area contributed by atoms with E-state index in [4.69, 9.17) is 9.94 Å². The van der Waals surface area contributed by atoms with E-state index in [2.05, 4.69) is 5.32 Å². The zero-order valence-electron chi connectivity index (χ0n) is 14.3. The van der Waals surface area contributed by atoms with Gasteiger partial charge in [0, 0.05) is 17.0 Å². The molecular formula is C20H18N2O4S. The highest BCUT2D eigenvalue weighted by atomic mass is 32.1. The molecule has 0 bridgehead atoms. The molecule has 0 saturated heterocycles. The minimum absolute atomic E-state index is 0.0316. The number of hydrogen-bond donors (Lipinski definition) is 3. The van der Waals surface area contributed by atoms with E-state index in [-0.39, 0.29) is 6.61 Å². The summed E-state index contributed by atoms with van der Waals surface area (Å²) in [4.78, 5) is 24.9. The third-order valence-electron chi connectivity index (χ3n) is 3.80. The van der Waals surface area contributed by atoms with Crippen molar-refractivity contribution >= 4 is 23.3 Å². The predicted molar refractivity (Wildman–Crippen MR) is 102 cm³/mol. The Balaban J connectivity index is 1.65. The normalized spacial score (nSPS) is 10.3. The van der Waals surface area contributed by atoms with E-state index < -0.39 is 12.0 Å². The standard InChI is InChI=1S/C20H18N2O4S/c23-19(22-25)18-17(15-9-5-2-6-10-15)11-16(27-18)13-26-20(24)21-12-14-7-3-1-4-8-14/h1-11,25H,12-13H2,(H,21,24)(H,22,23). The van der Waals surface area contributed by atoms with Crippen LogP contribution in [0.25, 0.3) is 11.1 Å². The summed E-state index contributed by atoms with van der Waals surface area (Å²) < 4.78 is 5.23. The lowest BCUT2D eigenvalue weighted by Crippen LogP contribution is -2.23. The van der Waals surface area contributed by atoms with Gasteiger partial charge in [0.1, 0.15) is 11.5 Å². The molecule has 27 heavy (non-hydrogen) atoms. The first-order chi connectivity index (χ1) is 13.2. The van der Waals surface area contributed by atoms with E-state index >= 15 is 0 Å². The Morgan fingerprint density at radius 1 is 1.00 bits per heavy atom. The lowest BCUT2D eigenvalue weighted by molar-refractivity contribution is 0.0711. The van der Waals surface area contributed by atoms with Crippen LogP contribution < -0.4 is 10.8 Å². The van der Waals surface area contributed by atoms with Crippen molar-refractivity contribution in [3.05, 3.63) is 82.0 Å². The molecule has 0 spiro atoms. The molecule has 2 amide bonds. The first-order valence-corrected chi connectivity index (χ1v) is 9.06. The number of ether oxygens (including phenoxy) is 1. The molecule has 2 aromatic carbocycles. The zero-order chi connectivity index (χ0) is 19.1. The molecule has 138 valence electrons. The van der Waals surface area contributed by atoms with Gasteiger partial charge >= 0.3 is 6.09 Å². The molecule has 0 aliphatic rings. The van der Waals surface area contributed by atoms with Crippen LogP contribution in [-0.4, -0.2) is 17.2 Å². The van der Waals surface area contributed by atoms with Crippen LogP contribution >= 0.6 is 11.3 Å². The van der Waals surface area contributed by atoms with Crippen molar-refractivity contribution in [1.29, 1.82) is 0 Å². The molecule has 0 atom stereocenters. The van der Waals surface area contributed by atoms with Gasteiger partial charge in [-0.1, -0.05) is 60.7 Å². The van der Waals surface area contributed by atoms with Gasteiger partial charge in [0.05, 0.1) is 0 Å². The Bertz CT molecular complexity index is 910. The minimum atomic E-state index is -0.598. The number of thiophene rings is 1. The Morgan fingerprint density at radius 2 is 1.67 bits per heavy atom. The van der Waals surface area contributed by atoms with Crippen molar-refractivity contribution in [3.63, 3.8) is 0 Å². The smallest absolute Gasteiger partial charge is 0.407 e. The molecule has 7 heteroatoms. The maximum atomic E-state index is 11.9. The number of benzene rings is 2. The molecule has 0 aliphatic carbocycles. The Kier molecular flexibility index (Phi) is 6.19. The number of hydrogen-bond acceptors (Lipinski definition) is 5. The molecule has 0 unspecified atom stereocenters. The lowest BCUT2D eigenvalue weighted by atomic mass is 10.1. The third-order valence-corrected chi connectivity index (χ3v) is 4.91. The van der Waals surface area contributed by atoms with Crippen molar-refractivity contribution in [2.75, 3.05) is 0 Å². The summed E-state index contributed by atoms with van der Waals surface area (Å²) >= 11 is 1.17. The van der Waals surface area contributed by atoms with Crippen molar-refractivity contribution < 1.29 is 19.5 Å². The molecule has 0 aliphatic heterocycles. The van der Waals surface area contributed by atoms with E-state index in [0.29, 0.717) is 21.9 Å². The SMILES string of the molecule is O=C(NCc1ccccc1)OCc1cc(-c2ccccc2)c(C(=O)NO)s1. The summed E-state index contributed by atoms with van der Waals surface area (Å²) in [5.74, 6) is -0.598. The van der Waals surface area contributed by atoms with Gasteiger partial charge < -0.3 is 10.1 Å². The molecule has 3 aromatic rings. The number of nitrogens with one attached hydrogen (secondary N) is 2.